The second-order valence-electron chi connectivity index (χ2n) is 5.72. The second kappa shape index (κ2) is 6.78. The molecule has 1 saturated heterocycles. The van der Waals surface area contributed by atoms with Crippen LogP contribution in [0.15, 0.2) is 24.3 Å². The molecule has 0 bridgehead atoms. The van der Waals surface area contributed by atoms with Gasteiger partial charge in [0.2, 0.25) is 0 Å². The Labute approximate surface area is 145 Å². The molecule has 6 heteroatoms. The molecular formula is C18H16ClN5. The first-order valence-corrected chi connectivity index (χ1v) is 8.18. The number of piperidine rings is 1. The molecule has 1 fully saturated rings. The van der Waals surface area contributed by atoms with Crippen molar-refractivity contribution in [3.63, 3.8) is 0 Å². The van der Waals surface area contributed by atoms with Crippen molar-refractivity contribution >= 4 is 23.2 Å². The van der Waals surface area contributed by atoms with Crippen molar-refractivity contribution in [3.8, 4) is 23.3 Å². The molecule has 3 rings (SSSR count). The molecule has 24 heavy (non-hydrogen) atoms. The average molecular weight is 338 g/mol. The highest BCUT2D eigenvalue weighted by molar-refractivity contribution is 6.30. The molecule has 1 aliphatic rings. The van der Waals surface area contributed by atoms with Gasteiger partial charge in [-0.1, -0.05) is 23.7 Å². The van der Waals surface area contributed by atoms with Gasteiger partial charge in [-0.3, -0.25) is 0 Å². The van der Waals surface area contributed by atoms with Crippen molar-refractivity contribution in [2.75, 3.05) is 23.7 Å². The number of nitrogen functional groups attached to an aromatic ring is 1. The van der Waals surface area contributed by atoms with E-state index in [1.54, 1.807) is 24.3 Å². The van der Waals surface area contributed by atoms with E-state index in [9.17, 15) is 10.5 Å². The lowest BCUT2D eigenvalue weighted by atomic mass is 9.95. The average Bonchev–Trinajstić information content (AvgIpc) is 2.62. The first kappa shape index (κ1) is 16.1. The van der Waals surface area contributed by atoms with Crippen LogP contribution in [-0.2, 0) is 0 Å². The van der Waals surface area contributed by atoms with Crippen LogP contribution in [0.1, 0.15) is 30.4 Å². The molecule has 0 unspecified atom stereocenters. The number of rotatable bonds is 2. The summed E-state index contributed by atoms with van der Waals surface area (Å²) in [6.07, 6.45) is 3.29. The van der Waals surface area contributed by atoms with Crippen LogP contribution in [0.5, 0.6) is 0 Å². The zero-order valence-electron chi connectivity index (χ0n) is 13.1. The maximum atomic E-state index is 9.76. The molecule has 0 saturated carbocycles. The molecule has 0 spiro atoms. The number of benzene rings is 1. The predicted octanol–water partition coefficient (Wildman–Crippen LogP) is 3.72. The van der Waals surface area contributed by atoms with Crippen LogP contribution in [-0.4, -0.2) is 18.1 Å². The second-order valence-corrected chi connectivity index (χ2v) is 6.16. The molecule has 120 valence electrons. The third kappa shape index (κ3) is 2.87. The molecular weight excluding hydrogens is 322 g/mol. The van der Waals surface area contributed by atoms with Gasteiger partial charge in [0.1, 0.15) is 34.9 Å². The number of anilines is 2. The van der Waals surface area contributed by atoms with E-state index < -0.39 is 0 Å². The monoisotopic (exact) mass is 337 g/mol. The van der Waals surface area contributed by atoms with E-state index in [1.807, 2.05) is 0 Å². The van der Waals surface area contributed by atoms with Crippen LogP contribution < -0.4 is 10.6 Å². The molecule has 0 amide bonds. The third-order valence-corrected chi connectivity index (χ3v) is 4.47. The Kier molecular flexibility index (Phi) is 4.55. The van der Waals surface area contributed by atoms with Crippen molar-refractivity contribution in [2.45, 2.75) is 19.3 Å². The largest absolute Gasteiger partial charge is 0.383 e. The number of hydrogen-bond acceptors (Lipinski definition) is 5. The Hall–Kier alpha value is -2.76. The summed E-state index contributed by atoms with van der Waals surface area (Å²) in [5.74, 6) is 0.723. The molecule has 5 nitrogen and oxygen atoms in total. The maximum absolute atomic E-state index is 9.76. The van der Waals surface area contributed by atoms with Gasteiger partial charge in [0.05, 0.1) is 0 Å². The number of aromatic nitrogens is 1. The van der Waals surface area contributed by atoms with E-state index in [4.69, 9.17) is 17.3 Å². The summed E-state index contributed by atoms with van der Waals surface area (Å²) in [4.78, 5) is 6.46. The van der Waals surface area contributed by atoms with Crippen LogP contribution in [0.25, 0.3) is 11.1 Å². The van der Waals surface area contributed by atoms with Gasteiger partial charge in [0.15, 0.2) is 0 Å². The number of nitrogens with two attached hydrogens (primary N) is 1. The highest BCUT2D eigenvalue weighted by atomic mass is 35.5. The smallest absolute Gasteiger partial charge is 0.149 e. The summed E-state index contributed by atoms with van der Waals surface area (Å²) >= 11 is 5.96. The fraction of sp³-hybridized carbons (Fsp3) is 0.278. The zero-order chi connectivity index (χ0) is 17.1. The van der Waals surface area contributed by atoms with Crippen LogP contribution in [0.2, 0.25) is 5.02 Å². The summed E-state index contributed by atoms with van der Waals surface area (Å²) in [5, 5.41) is 19.9. The highest BCUT2D eigenvalue weighted by Gasteiger charge is 2.24. The standard InChI is InChI=1S/C18H16ClN5/c19-13-6-4-12(5-7-13)16-14(10-20)17(22)23-18(15(16)11-21)24-8-2-1-3-9-24/h4-7H,1-3,8-9H2,(H2,22,23). The van der Waals surface area contributed by atoms with Crippen molar-refractivity contribution in [1.29, 1.82) is 10.5 Å². The van der Waals surface area contributed by atoms with Crippen LogP contribution in [0.4, 0.5) is 11.6 Å². The quantitative estimate of drug-likeness (QED) is 0.902. The topological polar surface area (TPSA) is 89.7 Å². The van der Waals surface area contributed by atoms with E-state index in [0.717, 1.165) is 31.5 Å². The molecule has 0 radical (unpaired) electrons. The van der Waals surface area contributed by atoms with Crippen LogP contribution in [0.3, 0.4) is 0 Å². The number of halogens is 1. The van der Waals surface area contributed by atoms with Gasteiger partial charge in [0, 0.05) is 23.7 Å². The lowest BCUT2D eigenvalue weighted by molar-refractivity contribution is 0.573. The van der Waals surface area contributed by atoms with E-state index in [1.165, 1.54) is 6.42 Å². The van der Waals surface area contributed by atoms with E-state index in [2.05, 4.69) is 22.0 Å². The van der Waals surface area contributed by atoms with Crippen LogP contribution in [0, 0.1) is 22.7 Å². The molecule has 1 aliphatic heterocycles. The Balaban J connectivity index is 2.25. The third-order valence-electron chi connectivity index (χ3n) is 4.22. The summed E-state index contributed by atoms with van der Waals surface area (Å²) in [5.41, 5.74) is 7.93. The molecule has 1 aromatic carbocycles. The Morgan fingerprint density at radius 2 is 1.62 bits per heavy atom. The van der Waals surface area contributed by atoms with Crippen molar-refractivity contribution < 1.29 is 0 Å². The normalized spacial score (nSPS) is 14.0. The van der Waals surface area contributed by atoms with Gasteiger partial charge in [-0.15, -0.1) is 0 Å². The maximum Gasteiger partial charge on any atom is 0.149 e. The van der Waals surface area contributed by atoms with E-state index in [0.29, 0.717) is 22.0 Å². The number of nitrogens with zero attached hydrogens (tertiary/aromatic N) is 4. The van der Waals surface area contributed by atoms with Gasteiger partial charge in [-0.25, -0.2) is 4.98 Å². The summed E-state index contributed by atoms with van der Waals surface area (Å²) in [7, 11) is 0. The molecule has 2 heterocycles. The summed E-state index contributed by atoms with van der Waals surface area (Å²) < 4.78 is 0. The zero-order valence-corrected chi connectivity index (χ0v) is 13.8. The minimum Gasteiger partial charge on any atom is -0.383 e. The molecule has 2 N–H and O–H groups in total. The fourth-order valence-electron chi connectivity index (χ4n) is 3.05. The van der Waals surface area contributed by atoms with Crippen LogP contribution >= 0.6 is 11.6 Å². The highest BCUT2D eigenvalue weighted by Crippen LogP contribution is 2.36. The van der Waals surface area contributed by atoms with Gasteiger partial charge < -0.3 is 10.6 Å². The minimum absolute atomic E-state index is 0.155. The minimum atomic E-state index is 0.155. The SMILES string of the molecule is N#Cc1c(N)nc(N2CCCCC2)c(C#N)c1-c1ccc(Cl)cc1. The number of nitriles is 2. The predicted molar refractivity (Wildman–Crippen MR) is 94.6 cm³/mol. The molecule has 0 atom stereocenters. The Morgan fingerprint density at radius 3 is 2.21 bits per heavy atom. The van der Waals surface area contributed by atoms with Gasteiger partial charge in [0.25, 0.3) is 0 Å². The first-order chi connectivity index (χ1) is 11.7. The Morgan fingerprint density at radius 1 is 1.00 bits per heavy atom. The lowest BCUT2D eigenvalue weighted by Gasteiger charge is -2.29. The Bertz CT molecular complexity index is 840. The van der Waals surface area contributed by atoms with Gasteiger partial charge in [-0.2, -0.15) is 10.5 Å². The first-order valence-electron chi connectivity index (χ1n) is 7.80. The van der Waals surface area contributed by atoms with E-state index in [-0.39, 0.29) is 11.4 Å². The van der Waals surface area contributed by atoms with Crippen molar-refractivity contribution in [2.24, 2.45) is 0 Å². The summed E-state index contributed by atoms with van der Waals surface area (Å²) in [6.45, 7) is 1.68. The molecule has 1 aromatic heterocycles. The summed E-state index contributed by atoms with van der Waals surface area (Å²) in [6, 6.07) is 11.4. The number of pyridine rings is 1. The fourth-order valence-corrected chi connectivity index (χ4v) is 3.18. The molecule has 2 aromatic rings. The van der Waals surface area contributed by atoms with Crippen molar-refractivity contribution in [1.82, 2.24) is 4.98 Å². The molecule has 0 aliphatic carbocycles. The van der Waals surface area contributed by atoms with E-state index >= 15 is 0 Å². The van der Waals surface area contributed by atoms with Gasteiger partial charge >= 0.3 is 0 Å². The van der Waals surface area contributed by atoms with Gasteiger partial charge in [-0.05, 0) is 37.0 Å². The van der Waals surface area contributed by atoms with Crippen molar-refractivity contribution in [3.05, 3.63) is 40.4 Å². The lowest BCUT2D eigenvalue weighted by Crippen LogP contribution is -2.31. The number of hydrogen-bond donors (Lipinski definition) is 1.